The van der Waals surface area contributed by atoms with E-state index in [2.05, 4.69) is 0 Å². The van der Waals surface area contributed by atoms with Crippen molar-refractivity contribution >= 4 is 11.9 Å². The van der Waals surface area contributed by atoms with Gasteiger partial charge >= 0.3 is 11.9 Å². The van der Waals surface area contributed by atoms with Gasteiger partial charge in [0.25, 0.3) is 0 Å². The standard InChI is InChI=1S/C36H38N2O4/c1-25-15-11-13-21-29(25)35(3,33(37)27-17-7-5-8-18-27)41-31(39)23-24-32(40)42-36(4,30-22-14-12-16-26(30)2)34(38)28-19-9-6-10-20-28/h5-24,33-34H,37-38H2,1-4H3/b24-23+. The van der Waals surface area contributed by atoms with Gasteiger partial charge < -0.3 is 20.9 Å². The molecular weight excluding hydrogens is 524 g/mol. The number of esters is 2. The molecule has 0 amide bonds. The first-order chi connectivity index (χ1) is 20.1. The van der Waals surface area contributed by atoms with Gasteiger partial charge in [0.1, 0.15) is 0 Å². The maximum absolute atomic E-state index is 13.2. The molecule has 4 N–H and O–H groups in total. The molecule has 0 fully saturated rings. The largest absolute Gasteiger partial charge is 0.449 e. The van der Waals surface area contributed by atoms with E-state index in [1.54, 1.807) is 13.8 Å². The van der Waals surface area contributed by atoms with Crippen molar-refractivity contribution in [3.8, 4) is 0 Å². The van der Waals surface area contributed by atoms with E-state index in [9.17, 15) is 9.59 Å². The molecule has 4 aromatic rings. The molecule has 0 aliphatic carbocycles. The lowest BCUT2D eigenvalue weighted by atomic mass is 9.82. The third kappa shape index (κ3) is 6.51. The summed E-state index contributed by atoms with van der Waals surface area (Å²) >= 11 is 0. The van der Waals surface area contributed by atoms with E-state index >= 15 is 0 Å². The van der Waals surface area contributed by atoms with Crippen LogP contribution in [0.1, 0.15) is 59.3 Å². The maximum atomic E-state index is 13.2. The molecule has 216 valence electrons. The fourth-order valence-corrected chi connectivity index (χ4v) is 5.41. The Labute approximate surface area is 248 Å². The zero-order chi connectivity index (χ0) is 30.3. The van der Waals surface area contributed by atoms with Crippen LogP contribution in [0, 0.1) is 13.8 Å². The van der Waals surface area contributed by atoms with E-state index in [4.69, 9.17) is 20.9 Å². The fraction of sp³-hybridized carbons (Fsp3) is 0.222. The van der Waals surface area contributed by atoms with Crippen molar-refractivity contribution in [2.75, 3.05) is 0 Å². The second-order valence-corrected chi connectivity index (χ2v) is 10.8. The molecule has 0 saturated heterocycles. The summed E-state index contributed by atoms with van der Waals surface area (Å²) in [6, 6.07) is 32.8. The molecule has 42 heavy (non-hydrogen) atoms. The van der Waals surface area contributed by atoms with Crippen LogP contribution in [0.15, 0.2) is 121 Å². The van der Waals surface area contributed by atoms with Gasteiger partial charge in [0.2, 0.25) is 0 Å². The molecule has 4 atom stereocenters. The monoisotopic (exact) mass is 562 g/mol. The lowest BCUT2D eigenvalue weighted by molar-refractivity contribution is -0.158. The smallest absolute Gasteiger partial charge is 0.331 e. The zero-order valence-electron chi connectivity index (χ0n) is 24.5. The Kier molecular flexibility index (Phi) is 9.41. The molecule has 0 aliphatic rings. The Balaban J connectivity index is 1.60. The Bertz CT molecular complexity index is 1440. The first-order valence-corrected chi connectivity index (χ1v) is 13.9. The molecule has 0 aliphatic heterocycles. The first kappa shape index (κ1) is 30.4. The average molecular weight is 563 g/mol. The lowest BCUT2D eigenvalue weighted by Gasteiger charge is -2.37. The molecule has 0 radical (unpaired) electrons. The summed E-state index contributed by atoms with van der Waals surface area (Å²) in [5.41, 5.74) is 16.0. The number of rotatable bonds is 10. The van der Waals surface area contributed by atoms with Crippen molar-refractivity contribution in [1.29, 1.82) is 0 Å². The molecule has 0 aromatic heterocycles. The number of ether oxygens (including phenoxy) is 2. The van der Waals surface area contributed by atoms with Gasteiger partial charge in [0.15, 0.2) is 11.2 Å². The zero-order valence-corrected chi connectivity index (χ0v) is 24.5. The minimum Gasteiger partial charge on any atom is -0.449 e. The highest BCUT2D eigenvalue weighted by Gasteiger charge is 2.41. The molecule has 0 heterocycles. The van der Waals surface area contributed by atoms with Crippen LogP contribution in [-0.4, -0.2) is 11.9 Å². The van der Waals surface area contributed by atoms with Gasteiger partial charge in [-0.05, 0) is 49.9 Å². The minimum absolute atomic E-state index is 0.669. The van der Waals surface area contributed by atoms with Gasteiger partial charge in [-0.1, -0.05) is 109 Å². The summed E-state index contributed by atoms with van der Waals surface area (Å²) in [5.74, 6) is -1.46. The van der Waals surface area contributed by atoms with Gasteiger partial charge in [0, 0.05) is 23.3 Å². The second-order valence-electron chi connectivity index (χ2n) is 10.8. The van der Waals surface area contributed by atoms with Crippen molar-refractivity contribution in [1.82, 2.24) is 0 Å². The van der Waals surface area contributed by atoms with Gasteiger partial charge in [0.05, 0.1) is 12.1 Å². The molecule has 0 bridgehead atoms. The van der Waals surface area contributed by atoms with Crippen molar-refractivity contribution in [2.45, 2.75) is 51.0 Å². The summed E-state index contributed by atoms with van der Waals surface area (Å²) < 4.78 is 12.1. The van der Waals surface area contributed by atoms with Crippen molar-refractivity contribution in [2.24, 2.45) is 11.5 Å². The van der Waals surface area contributed by atoms with Crippen LogP contribution in [-0.2, 0) is 30.3 Å². The van der Waals surface area contributed by atoms with Crippen LogP contribution >= 0.6 is 0 Å². The SMILES string of the molecule is Cc1ccccc1C(C)(OC(=O)/C=C/C(=O)OC(C)(c1ccccc1C)C(N)c1ccccc1)C(N)c1ccccc1. The van der Waals surface area contributed by atoms with Crippen LogP contribution < -0.4 is 11.5 Å². The summed E-state index contributed by atoms with van der Waals surface area (Å²) in [7, 11) is 0. The number of hydrogen-bond acceptors (Lipinski definition) is 6. The number of benzene rings is 4. The van der Waals surface area contributed by atoms with E-state index in [0.717, 1.165) is 45.5 Å². The van der Waals surface area contributed by atoms with Gasteiger partial charge in [-0.3, -0.25) is 0 Å². The van der Waals surface area contributed by atoms with Crippen LogP contribution in [0.4, 0.5) is 0 Å². The van der Waals surface area contributed by atoms with Crippen molar-refractivity contribution in [3.63, 3.8) is 0 Å². The second kappa shape index (κ2) is 13.0. The van der Waals surface area contributed by atoms with E-state index in [1.807, 2.05) is 123 Å². The Hall–Kier alpha value is -4.52. The van der Waals surface area contributed by atoms with E-state index in [-0.39, 0.29) is 0 Å². The van der Waals surface area contributed by atoms with Crippen LogP contribution in [0.5, 0.6) is 0 Å². The lowest BCUT2D eigenvalue weighted by Crippen LogP contribution is -2.41. The van der Waals surface area contributed by atoms with Crippen molar-refractivity contribution in [3.05, 3.63) is 155 Å². The predicted octanol–water partition coefficient (Wildman–Crippen LogP) is 6.48. The first-order valence-electron chi connectivity index (χ1n) is 13.9. The normalized spacial score (nSPS) is 15.7. The molecule has 4 unspecified atom stereocenters. The summed E-state index contributed by atoms with van der Waals surface area (Å²) in [6.45, 7) is 7.44. The Morgan fingerprint density at radius 1 is 0.571 bits per heavy atom. The highest BCUT2D eigenvalue weighted by Crippen LogP contribution is 2.40. The van der Waals surface area contributed by atoms with Crippen LogP contribution in [0.25, 0.3) is 0 Å². The van der Waals surface area contributed by atoms with Crippen LogP contribution in [0.3, 0.4) is 0 Å². The summed E-state index contributed by atoms with van der Waals surface area (Å²) in [6.07, 6.45) is 2.14. The van der Waals surface area contributed by atoms with Crippen LogP contribution in [0.2, 0.25) is 0 Å². The average Bonchev–Trinajstić information content (AvgIpc) is 3.00. The number of carbonyl (C=O) groups excluding carboxylic acids is 2. The van der Waals surface area contributed by atoms with Crippen molar-refractivity contribution < 1.29 is 19.1 Å². The predicted molar refractivity (Wildman–Crippen MR) is 165 cm³/mol. The third-order valence-electron chi connectivity index (χ3n) is 7.84. The maximum Gasteiger partial charge on any atom is 0.331 e. The Morgan fingerprint density at radius 3 is 1.21 bits per heavy atom. The number of carbonyl (C=O) groups is 2. The highest BCUT2D eigenvalue weighted by molar-refractivity contribution is 5.92. The van der Waals surface area contributed by atoms with Gasteiger partial charge in [-0.2, -0.15) is 0 Å². The van der Waals surface area contributed by atoms with E-state index < -0.39 is 35.2 Å². The van der Waals surface area contributed by atoms with Gasteiger partial charge in [-0.15, -0.1) is 0 Å². The molecule has 6 nitrogen and oxygen atoms in total. The molecular formula is C36H38N2O4. The molecule has 0 saturated carbocycles. The minimum atomic E-state index is -1.22. The number of nitrogens with two attached hydrogens (primary N) is 2. The summed E-state index contributed by atoms with van der Waals surface area (Å²) in [5, 5.41) is 0. The van der Waals surface area contributed by atoms with Gasteiger partial charge in [-0.25, -0.2) is 9.59 Å². The molecule has 0 spiro atoms. The van der Waals surface area contributed by atoms with E-state index in [1.165, 1.54) is 0 Å². The quantitative estimate of drug-likeness (QED) is 0.169. The third-order valence-corrected chi connectivity index (χ3v) is 7.84. The summed E-state index contributed by atoms with van der Waals surface area (Å²) in [4.78, 5) is 26.5. The molecule has 4 aromatic carbocycles. The number of hydrogen-bond donors (Lipinski definition) is 2. The highest BCUT2D eigenvalue weighted by atomic mass is 16.6. The molecule has 4 rings (SSSR count). The van der Waals surface area contributed by atoms with E-state index in [0.29, 0.717) is 0 Å². The Morgan fingerprint density at radius 2 is 0.881 bits per heavy atom. The molecule has 6 heteroatoms. The topological polar surface area (TPSA) is 105 Å². The fourth-order valence-electron chi connectivity index (χ4n) is 5.41. The number of aryl methyl sites for hydroxylation is 2.